The molecule has 0 amide bonds. The van der Waals surface area contributed by atoms with Crippen LogP contribution in [0.4, 0.5) is 0 Å². The Kier molecular flexibility index (Phi) is 3.39. The molecule has 0 radical (unpaired) electrons. The molecule has 1 aromatic rings. The van der Waals surface area contributed by atoms with E-state index in [1.807, 2.05) is 13.8 Å². The highest BCUT2D eigenvalue weighted by Gasteiger charge is 2.18. The number of H-pyrrole nitrogens is 1. The molecule has 0 aromatic carbocycles. The lowest BCUT2D eigenvalue weighted by atomic mass is 10.1. The lowest BCUT2D eigenvalue weighted by Gasteiger charge is -2.09. The van der Waals surface area contributed by atoms with Gasteiger partial charge in [0.1, 0.15) is 11.8 Å². The zero-order chi connectivity index (χ0) is 9.84. The smallest absolute Gasteiger partial charge is 0.116 e. The maximum absolute atomic E-state index is 9.65. The van der Waals surface area contributed by atoms with Crippen molar-refractivity contribution in [2.24, 2.45) is 0 Å². The van der Waals surface area contributed by atoms with Crippen LogP contribution >= 0.6 is 0 Å². The highest BCUT2D eigenvalue weighted by atomic mass is 16.3. The Balaban J connectivity index is 2.80. The van der Waals surface area contributed by atoms with Gasteiger partial charge >= 0.3 is 0 Å². The Morgan fingerprint density at radius 2 is 2.00 bits per heavy atom. The molecule has 0 aliphatic rings. The summed E-state index contributed by atoms with van der Waals surface area (Å²) < 4.78 is 0. The highest BCUT2D eigenvalue weighted by Crippen LogP contribution is 2.19. The third kappa shape index (κ3) is 2.26. The molecule has 0 bridgehead atoms. The van der Waals surface area contributed by atoms with Crippen molar-refractivity contribution in [2.75, 3.05) is 13.6 Å². The molecule has 1 unspecified atom stereocenters. The van der Waals surface area contributed by atoms with Crippen LogP contribution in [0.2, 0.25) is 0 Å². The maximum atomic E-state index is 9.65. The van der Waals surface area contributed by atoms with Gasteiger partial charge in [-0.2, -0.15) is 15.4 Å². The molecule has 5 nitrogen and oxygen atoms in total. The molecule has 0 saturated carbocycles. The van der Waals surface area contributed by atoms with Gasteiger partial charge in [-0.25, -0.2) is 0 Å². The van der Waals surface area contributed by atoms with Crippen molar-refractivity contribution in [3.8, 4) is 0 Å². The van der Waals surface area contributed by atoms with Crippen molar-refractivity contribution in [1.82, 2.24) is 20.7 Å². The number of hydrogen-bond acceptors (Lipinski definition) is 4. The molecule has 1 aromatic heterocycles. The summed E-state index contributed by atoms with van der Waals surface area (Å²) in [6, 6.07) is 0. The Hall–Kier alpha value is -0.940. The fourth-order valence-electron chi connectivity index (χ4n) is 1.21. The molecule has 0 spiro atoms. The highest BCUT2D eigenvalue weighted by molar-refractivity contribution is 5.15. The molecule has 13 heavy (non-hydrogen) atoms. The number of likely N-dealkylation sites (N-methyl/N-ethyl adjacent to an activating group) is 1. The van der Waals surface area contributed by atoms with E-state index in [-0.39, 0.29) is 5.92 Å². The Bertz CT molecular complexity index is 258. The van der Waals surface area contributed by atoms with E-state index in [0.29, 0.717) is 12.2 Å². The van der Waals surface area contributed by atoms with Crippen LogP contribution in [0.3, 0.4) is 0 Å². The summed E-state index contributed by atoms with van der Waals surface area (Å²) in [7, 11) is 1.79. The van der Waals surface area contributed by atoms with Crippen LogP contribution in [-0.2, 0) is 0 Å². The van der Waals surface area contributed by atoms with Gasteiger partial charge in [0.05, 0.1) is 5.69 Å². The average Bonchev–Trinajstić information content (AvgIpc) is 2.52. The molecular weight excluding hydrogens is 168 g/mol. The molecule has 0 fully saturated rings. The van der Waals surface area contributed by atoms with Gasteiger partial charge < -0.3 is 10.4 Å². The molecule has 1 atom stereocenters. The predicted molar refractivity (Wildman–Crippen MR) is 49.4 cm³/mol. The molecule has 3 N–H and O–H groups in total. The number of aromatic nitrogens is 3. The zero-order valence-electron chi connectivity index (χ0n) is 8.20. The fraction of sp³-hybridized carbons (Fsp3) is 0.750. The maximum Gasteiger partial charge on any atom is 0.116 e. The number of hydrogen-bond donors (Lipinski definition) is 3. The van der Waals surface area contributed by atoms with Crippen LogP contribution in [0.15, 0.2) is 0 Å². The molecule has 1 rings (SSSR count). The summed E-state index contributed by atoms with van der Waals surface area (Å²) in [5.41, 5.74) is 1.48. The molecule has 0 aliphatic heterocycles. The van der Waals surface area contributed by atoms with Gasteiger partial charge in [0.15, 0.2) is 0 Å². The number of aliphatic hydroxyl groups excluding tert-OH is 1. The lowest BCUT2D eigenvalue weighted by Crippen LogP contribution is -2.18. The summed E-state index contributed by atoms with van der Waals surface area (Å²) in [6.45, 7) is 4.53. The number of aromatic amines is 1. The van der Waals surface area contributed by atoms with Gasteiger partial charge in [-0.15, -0.1) is 0 Å². The molecule has 5 heteroatoms. The molecule has 1 heterocycles. The Morgan fingerprint density at radius 3 is 2.54 bits per heavy atom. The second-order valence-corrected chi connectivity index (χ2v) is 3.32. The fourth-order valence-corrected chi connectivity index (χ4v) is 1.21. The van der Waals surface area contributed by atoms with Crippen LogP contribution < -0.4 is 5.32 Å². The first-order valence-corrected chi connectivity index (χ1v) is 4.40. The minimum absolute atomic E-state index is 0.278. The van der Waals surface area contributed by atoms with E-state index in [4.69, 9.17) is 0 Å². The summed E-state index contributed by atoms with van der Waals surface area (Å²) in [6.07, 6.45) is -0.582. The summed E-state index contributed by atoms with van der Waals surface area (Å²) in [4.78, 5) is 0. The van der Waals surface area contributed by atoms with Crippen molar-refractivity contribution in [3.05, 3.63) is 11.4 Å². The topological polar surface area (TPSA) is 73.8 Å². The second kappa shape index (κ2) is 4.34. The first-order valence-electron chi connectivity index (χ1n) is 4.40. The van der Waals surface area contributed by atoms with Gasteiger partial charge in [0.2, 0.25) is 0 Å². The first-order chi connectivity index (χ1) is 6.16. The monoisotopic (exact) mass is 184 g/mol. The lowest BCUT2D eigenvalue weighted by molar-refractivity contribution is 0.171. The number of nitrogens with zero attached hydrogens (tertiary/aromatic N) is 2. The molecule has 0 aliphatic carbocycles. The van der Waals surface area contributed by atoms with E-state index >= 15 is 0 Å². The SMILES string of the molecule is CNCC(O)c1n[nH]nc1C(C)C. The van der Waals surface area contributed by atoms with E-state index in [9.17, 15) is 5.11 Å². The summed E-state index contributed by atoms with van der Waals surface area (Å²) >= 11 is 0. The van der Waals surface area contributed by atoms with Crippen LogP contribution in [0.5, 0.6) is 0 Å². The van der Waals surface area contributed by atoms with Crippen LogP contribution in [0, 0.1) is 0 Å². The standard InChI is InChI=1S/C8H16N4O/c1-5(2)7-8(11-12-10-7)6(13)4-9-3/h5-6,9,13H,4H2,1-3H3,(H,10,11,12). The van der Waals surface area contributed by atoms with Crippen LogP contribution in [0.25, 0.3) is 0 Å². The largest absolute Gasteiger partial charge is 0.385 e. The number of aliphatic hydroxyl groups is 1. The molecule has 0 saturated heterocycles. The van der Waals surface area contributed by atoms with Crippen molar-refractivity contribution in [3.63, 3.8) is 0 Å². The van der Waals surface area contributed by atoms with Crippen LogP contribution in [-0.4, -0.2) is 34.1 Å². The minimum Gasteiger partial charge on any atom is -0.385 e. The summed E-state index contributed by atoms with van der Waals surface area (Å²) in [5, 5.41) is 23.0. The van der Waals surface area contributed by atoms with E-state index < -0.39 is 6.10 Å². The summed E-state index contributed by atoms with van der Waals surface area (Å²) in [5.74, 6) is 0.278. The molecule has 74 valence electrons. The van der Waals surface area contributed by atoms with Gasteiger partial charge in [-0.3, -0.25) is 0 Å². The van der Waals surface area contributed by atoms with Crippen molar-refractivity contribution < 1.29 is 5.11 Å². The third-order valence-electron chi connectivity index (χ3n) is 1.86. The Labute approximate surface area is 77.6 Å². The van der Waals surface area contributed by atoms with Gasteiger partial charge in [0.25, 0.3) is 0 Å². The number of nitrogens with one attached hydrogen (secondary N) is 2. The zero-order valence-corrected chi connectivity index (χ0v) is 8.20. The van der Waals surface area contributed by atoms with Crippen molar-refractivity contribution in [2.45, 2.75) is 25.9 Å². The Morgan fingerprint density at radius 1 is 1.38 bits per heavy atom. The van der Waals surface area contributed by atoms with Crippen molar-refractivity contribution >= 4 is 0 Å². The van der Waals surface area contributed by atoms with E-state index in [1.165, 1.54) is 0 Å². The number of rotatable bonds is 4. The van der Waals surface area contributed by atoms with Crippen LogP contribution in [0.1, 0.15) is 37.3 Å². The quantitative estimate of drug-likeness (QED) is 0.624. The van der Waals surface area contributed by atoms with Gasteiger partial charge in [0, 0.05) is 6.54 Å². The second-order valence-electron chi connectivity index (χ2n) is 3.32. The van der Waals surface area contributed by atoms with E-state index in [0.717, 1.165) is 5.69 Å². The van der Waals surface area contributed by atoms with Gasteiger partial charge in [-0.1, -0.05) is 13.8 Å². The van der Waals surface area contributed by atoms with E-state index in [1.54, 1.807) is 7.05 Å². The normalized spacial score (nSPS) is 13.6. The van der Waals surface area contributed by atoms with E-state index in [2.05, 4.69) is 20.7 Å². The van der Waals surface area contributed by atoms with Gasteiger partial charge in [-0.05, 0) is 13.0 Å². The molecular formula is C8H16N4O. The first kappa shape index (κ1) is 10.1. The third-order valence-corrected chi connectivity index (χ3v) is 1.86. The minimum atomic E-state index is -0.582. The predicted octanol–water partition coefficient (Wildman–Crippen LogP) is 0.181. The average molecular weight is 184 g/mol. The van der Waals surface area contributed by atoms with Crippen molar-refractivity contribution in [1.29, 1.82) is 0 Å².